The Kier molecular flexibility index (Phi) is 4.81. The van der Waals surface area contributed by atoms with Crippen molar-refractivity contribution in [1.29, 1.82) is 0 Å². The number of amides is 1. The van der Waals surface area contributed by atoms with Crippen LogP contribution in [0.2, 0.25) is 0 Å². The molecule has 0 bridgehead atoms. The normalized spacial score (nSPS) is 17.6. The zero-order valence-corrected chi connectivity index (χ0v) is 18.1. The van der Waals surface area contributed by atoms with Gasteiger partial charge in [0.25, 0.3) is 5.91 Å². The van der Waals surface area contributed by atoms with Crippen molar-refractivity contribution in [2.75, 3.05) is 33.9 Å². The summed E-state index contributed by atoms with van der Waals surface area (Å²) in [5, 5.41) is 4.27. The van der Waals surface area contributed by atoms with Crippen molar-refractivity contribution < 1.29 is 19.0 Å². The van der Waals surface area contributed by atoms with Crippen molar-refractivity contribution in [3.8, 4) is 11.5 Å². The van der Waals surface area contributed by atoms with Crippen LogP contribution in [0.4, 0.5) is 0 Å². The van der Waals surface area contributed by atoms with Gasteiger partial charge in [-0.15, -0.1) is 0 Å². The molecular weight excluding hydrogens is 396 g/mol. The Morgan fingerprint density at radius 3 is 2.65 bits per heavy atom. The first-order valence-corrected chi connectivity index (χ1v) is 10.5. The third-order valence-electron chi connectivity index (χ3n) is 6.59. The molecule has 1 aromatic carbocycles. The highest BCUT2D eigenvalue weighted by Crippen LogP contribution is 2.45. The summed E-state index contributed by atoms with van der Waals surface area (Å²) >= 11 is 0. The van der Waals surface area contributed by atoms with Crippen LogP contribution >= 0.6 is 0 Å². The molecule has 4 heterocycles. The number of benzene rings is 1. The van der Waals surface area contributed by atoms with Crippen molar-refractivity contribution in [2.45, 2.75) is 31.8 Å². The molecule has 1 fully saturated rings. The van der Waals surface area contributed by atoms with Gasteiger partial charge in [0, 0.05) is 25.4 Å². The van der Waals surface area contributed by atoms with E-state index in [-0.39, 0.29) is 5.91 Å². The second-order valence-corrected chi connectivity index (χ2v) is 8.11. The highest BCUT2D eigenvalue weighted by atomic mass is 16.5. The second-order valence-electron chi connectivity index (χ2n) is 8.11. The number of ether oxygens (including phenoxy) is 3. The van der Waals surface area contributed by atoms with Gasteiger partial charge in [-0.2, -0.15) is 5.10 Å². The lowest BCUT2D eigenvalue weighted by molar-refractivity contribution is -0.0936. The summed E-state index contributed by atoms with van der Waals surface area (Å²) in [6.45, 7) is 3.79. The molecule has 1 amide bonds. The Bertz CT molecular complexity index is 1150. The predicted octanol–water partition coefficient (Wildman–Crippen LogP) is 2.76. The molecule has 5 rings (SSSR count). The number of piperidine rings is 1. The zero-order chi connectivity index (χ0) is 21.6. The minimum Gasteiger partial charge on any atom is -0.493 e. The zero-order valence-electron chi connectivity index (χ0n) is 18.1. The van der Waals surface area contributed by atoms with Gasteiger partial charge in [-0.1, -0.05) is 0 Å². The van der Waals surface area contributed by atoms with Gasteiger partial charge < -0.3 is 19.1 Å². The van der Waals surface area contributed by atoms with Gasteiger partial charge in [-0.3, -0.25) is 4.79 Å². The highest BCUT2D eigenvalue weighted by molar-refractivity contribution is 5.95. The first-order chi connectivity index (χ1) is 15.1. The summed E-state index contributed by atoms with van der Waals surface area (Å²) in [4.78, 5) is 19.5. The fourth-order valence-electron chi connectivity index (χ4n) is 4.84. The number of hydrogen-bond acceptors (Lipinski definition) is 6. The summed E-state index contributed by atoms with van der Waals surface area (Å²) in [5.41, 5.74) is 4.11. The van der Waals surface area contributed by atoms with E-state index in [0.29, 0.717) is 31.0 Å². The molecular formula is C23H26N4O4. The smallest absolute Gasteiger partial charge is 0.257 e. The predicted molar refractivity (Wildman–Crippen MR) is 114 cm³/mol. The summed E-state index contributed by atoms with van der Waals surface area (Å²) in [6.07, 6.45) is 5.65. The molecule has 0 saturated carbocycles. The maximum atomic E-state index is 13.3. The molecule has 1 saturated heterocycles. The SMILES string of the molecule is COc1cc2c(cc1OC)C1(CCN(C(=O)c3cnc4ccnn4c3C)CC1)OCC2. The van der Waals surface area contributed by atoms with Crippen LogP contribution in [0.1, 0.15) is 40.0 Å². The van der Waals surface area contributed by atoms with Crippen molar-refractivity contribution >= 4 is 11.6 Å². The largest absolute Gasteiger partial charge is 0.493 e. The molecule has 0 N–H and O–H groups in total. The Labute approximate surface area is 180 Å². The van der Waals surface area contributed by atoms with Gasteiger partial charge in [0.05, 0.1) is 43.9 Å². The number of rotatable bonds is 3. The number of fused-ring (bicyclic) bond motifs is 3. The number of nitrogens with zero attached hydrogens (tertiary/aromatic N) is 4. The topological polar surface area (TPSA) is 78.2 Å². The van der Waals surface area contributed by atoms with Gasteiger partial charge in [-0.25, -0.2) is 9.50 Å². The standard InChI is InChI=1S/C23H26N4O4/c1-15-17(14-24-21-4-8-25-27(15)21)22(28)26-9-6-23(7-10-26)18-13-20(30-3)19(29-2)12-16(18)5-11-31-23/h4,8,12-14H,5-7,9-11H2,1-3H3. The number of carbonyl (C=O) groups excluding carboxylic acids is 1. The van der Waals surface area contributed by atoms with E-state index in [4.69, 9.17) is 14.2 Å². The average Bonchev–Trinajstić information content (AvgIpc) is 3.29. The third kappa shape index (κ3) is 3.13. The Morgan fingerprint density at radius 1 is 1.16 bits per heavy atom. The first kappa shape index (κ1) is 19.8. The summed E-state index contributed by atoms with van der Waals surface area (Å²) in [7, 11) is 3.30. The van der Waals surface area contributed by atoms with Crippen LogP contribution in [-0.2, 0) is 16.8 Å². The van der Waals surface area contributed by atoms with E-state index in [9.17, 15) is 4.79 Å². The molecule has 2 aliphatic heterocycles. The van der Waals surface area contributed by atoms with Crippen LogP contribution in [0, 0.1) is 6.92 Å². The molecule has 162 valence electrons. The van der Waals surface area contributed by atoms with Gasteiger partial charge in [0.15, 0.2) is 17.1 Å². The maximum Gasteiger partial charge on any atom is 0.257 e. The fourth-order valence-corrected chi connectivity index (χ4v) is 4.84. The molecule has 31 heavy (non-hydrogen) atoms. The molecule has 2 aliphatic rings. The van der Waals surface area contributed by atoms with E-state index in [2.05, 4.69) is 16.1 Å². The minimum atomic E-state index is -0.400. The molecule has 1 spiro atoms. The first-order valence-electron chi connectivity index (χ1n) is 10.5. The van der Waals surface area contributed by atoms with Crippen molar-refractivity contribution in [3.63, 3.8) is 0 Å². The van der Waals surface area contributed by atoms with E-state index >= 15 is 0 Å². The summed E-state index contributed by atoms with van der Waals surface area (Å²) in [6, 6.07) is 5.93. The number of aryl methyl sites for hydroxylation is 1. The molecule has 0 unspecified atom stereocenters. The lowest BCUT2D eigenvalue weighted by atomic mass is 9.79. The van der Waals surface area contributed by atoms with E-state index in [1.807, 2.05) is 24.0 Å². The number of methoxy groups -OCH3 is 2. The van der Waals surface area contributed by atoms with Crippen LogP contribution in [0.25, 0.3) is 5.65 Å². The summed E-state index contributed by atoms with van der Waals surface area (Å²) < 4.78 is 19.1. The van der Waals surface area contributed by atoms with Crippen LogP contribution in [0.5, 0.6) is 11.5 Å². The van der Waals surface area contributed by atoms with Crippen molar-refractivity contribution in [1.82, 2.24) is 19.5 Å². The van der Waals surface area contributed by atoms with E-state index in [1.165, 1.54) is 5.56 Å². The molecule has 0 radical (unpaired) electrons. The molecule has 8 nitrogen and oxygen atoms in total. The molecule has 8 heteroatoms. The van der Waals surface area contributed by atoms with Gasteiger partial charge in [0.2, 0.25) is 0 Å². The Balaban J connectivity index is 1.40. The quantitative estimate of drug-likeness (QED) is 0.646. The highest BCUT2D eigenvalue weighted by Gasteiger charge is 2.42. The van der Waals surface area contributed by atoms with Crippen molar-refractivity contribution in [2.24, 2.45) is 0 Å². The fraction of sp³-hybridized carbons (Fsp3) is 0.435. The van der Waals surface area contributed by atoms with Gasteiger partial charge >= 0.3 is 0 Å². The van der Waals surface area contributed by atoms with Crippen LogP contribution in [-0.4, -0.2) is 59.3 Å². The van der Waals surface area contributed by atoms with Gasteiger partial charge in [-0.05, 0) is 49.4 Å². The number of hydrogen-bond donors (Lipinski definition) is 0. The lowest BCUT2D eigenvalue weighted by Gasteiger charge is -2.45. The minimum absolute atomic E-state index is 0.0133. The number of carbonyl (C=O) groups is 1. The monoisotopic (exact) mass is 422 g/mol. The van der Waals surface area contributed by atoms with E-state index in [1.54, 1.807) is 31.1 Å². The Hall–Kier alpha value is -3.13. The van der Waals surface area contributed by atoms with Crippen LogP contribution < -0.4 is 9.47 Å². The summed E-state index contributed by atoms with van der Waals surface area (Å²) in [5.74, 6) is 1.43. The van der Waals surface area contributed by atoms with Crippen molar-refractivity contribution in [3.05, 3.63) is 53.0 Å². The number of likely N-dealkylation sites (tertiary alicyclic amines) is 1. The van der Waals surface area contributed by atoms with Crippen LogP contribution in [0.15, 0.2) is 30.6 Å². The average molecular weight is 422 g/mol. The molecule has 0 aliphatic carbocycles. The Morgan fingerprint density at radius 2 is 1.90 bits per heavy atom. The second kappa shape index (κ2) is 7.53. The molecule has 0 atom stereocenters. The maximum absolute atomic E-state index is 13.3. The van der Waals surface area contributed by atoms with E-state index in [0.717, 1.165) is 41.9 Å². The number of aromatic nitrogens is 3. The molecule has 2 aromatic heterocycles. The van der Waals surface area contributed by atoms with E-state index < -0.39 is 5.60 Å². The third-order valence-corrected chi connectivity index (χ3v) is 6.59. The van der Waals surface area contributed by atoms with Crippen LogP contribution in [0.3, 0.4) is 0 Å². The molecule has 3 aromatic rings. The van der Waals surface area contributed by atoms with Gasteiger partial charge in [0.1, 0.15) is 0 Å². The lowest BCUT2D eigenvalue weighted by Crippen LogP contribution is -2.48.